The van der Waals surface area contributed by atoms with Crippen LogP contribution in [0.5, 0.6) is 11.5 Å². The van der Waals surface area contributed by atoms with Gasteiger partial charge in [0.05, 0.1) is 25.2 Å². The van der Waals surface area contributed by atoms with Gasteiger partial charge in [0, 0.05) is 0 Å². The first-order valence-electron chi connectivity index (χ1n) is 7.79. The molecule has 0 heterocycles. The maximum atomic E-state index is 12.4. The Labute approximate surface area is 194 Å². The van der Waals surface area contributed by atoms with Crippen molar-refractivity contribution in [3.63, 3.8) is 0 Å². The van der Waals surface area contributed by atoms with E-state index >= 15 is 0 Å². The van der Waals surface area contributed by atoms with Gasteiger partial charge in [-0.2, -0.15) is 0 Å². The quantitative estimate of drug-likeness (QED) is 0.267. The summed E-state index contributed by atoms with van der Waals surface area (Å²) in [5.74, 6) is -0.00518. The van der Waals surface area contributed by atoms with Crippen LogP contribution in [0, 0.1) is 11.6 Å². The Hall–Kier alpha value is -1.01. The fourth-order valence-electron chi connectivity index (χ4n) is 1.27. The van der Waals surface area contributed by atoms with Crippen molar-refractivity contribution in [2.24, 2.45) is 0 Å². The molecule has 0 aliphatic carbocycles. The number of aliphatic hydroxyl groups is 4. The number of halogens is 3. The van der Waals surface area contributed by atoms with Crippen molar-refractivity contribution in [3.8, 4) is 11.5 Å². The molecule has 0 saturated heterocycles. The van der Waals surface area contributed by atoms with Crippen LogP contribution in [-0.2, 0) is 0 Å². The Morgan fingerprint density at radius 1 is 0.828 bits per heavy atom. The van der Waals surface area contributed by atoms with Crippen LogP contribution in [-0.4, -0.2) is 68.9 Å². The maximum Gasteiger partial charge on any atom is 1.00 e. The molecule has 0 radical (unpaired) electrons. The van der Waals surface area contributed by atoms with Crippen molar-refractivity contribution in [2.45, 2.75) is 12.2 Å². The molecular formula is C18H24ClF2NaO7. The molecule has 0 amide bonds. The minimum atomic E-state index is -0.898. The van der Waals surface area contributed by atoms with Crippen LogP contribution in [0.2, 0.25) is 0 Å². The van der Waals surface area contributed by atoms with E-state index in [1.165, 1.54) is 48.5 Å². The largest absolute Gasteiger partial charge is 1.00 e. The van der Waals surface area contributed by atoms with Gasteiger partial charge in [0.15, 0.2) is 0 Å². The van der Waals surface area contributed by atoms with Crippen LogP contribution in [0.25, 0.3) is 0 Å². The van der Waals surface area contributed by atoms with Crippen LogP contribution in [0.4, 0.5) is 8.78 Å². The van der Waals surface area contributed by atoms with Crippen LogP contribution in [0.15, 0.2) is 48.5 Å². The molecule has 11 heteroatoms. The number of rotatable bonds is 6. The summed E-state index contributed by atoms with van der Waals surface area (Å²) in [5, 5.41) is 42.3. The molecule has 2 rings (SSSR count). The molecule has 7 nitrogen and oxygen atoms in total. The molecule has 0 fully saturated rings. The second-order valence-corrected chi connectivity index (χ2v) is 5.38. The van der Waals surface area contributed by atoms with E-state index in [2.05, 4.69) is 0 Å². The van der Waals surface area contributed by atoms with Gasteiger partial charge in [0.1, 0.15) is 35.8 Å². The van der Waals surface area contributed by atoms with E-state index < -0.39 is 12.2 Å². The smallest absolute Gasteiger partial charge is 0.870 e. The summed E-state index contributed by atoms with van der Waals surface area (Å²) in [6.45, 7) is -0.590. The molecule has 0 aliphatic heterocycles. The minimum Gasteiger partial charge on any atom is -0.870 e. The van der Waals surface area contributed by atoms with Crippen LogP contribution in [0.3, 0.4) is 0 Å². The third-order valence-corrected chi connectivity index (χ3v) is 3.04. The molecule has 2 aromatic rings. The monoisotopic (exact) mass is 448 g/mol. The number of phenols is 1. The standard InChI is InChI=1S/C9H11FO3.C6H5FO.C3H7ClO2.Na.H2O/c10-7-1-3-9(4-2-7)13-6-8(12)5-11;7-5-1-3-6(8)4-2-5;4-1-3(6)2-5;;/h1-4,8,11-12H,5-6H2;1-4,8H;3,5-6H,1-2H2;;1H2/q;;;+1;/p-1. The molecule has 2 atom stereocenters. The third kappa shape index (κ3) is 18.7. The Bertz CT molecular complexity index is 581. The average Bonchev–Trinajstić information content (AvgIpc) is 2.69. The first-order chi connectivity index (χ1) is 12.8. The SMILES string of the molecule is OCC(O)CCl.OCC(O)COc1ccc(F)cc1.Oc1ccc(F)cc1.[Na+].[OH-]. The fourth-order valence-corrected chi connectivity index (χ4v) is 1.36. The Morgan fingerprint density at radius 3 is 1.55 bits per heavy atom. The number of alkyl halides is 1. The topological polar surface area (TPSA) is 140 Å². The van der Waals surface area contributed by atoms with E-state index in [0.717, 1.165) is 0 Å². The molecule has 0 bridgehead atoms. The zero-order chi connectivity index (χ0) is 20.7. The van der Waals surface area contributed by atoms with Gasteiger partial charge in [-0.1, -0.05) is 0 Å². The number of phenolic OH excluding ortho intramolecular Hbond substituents is 1. The zero-order valence-electron chi connectivity index (χ0n) is 15.8. The molecule has 2 unspecified atom stereocenters. The van der Waals surface area contributed by atoms with E-state index in [4.69, 9.17) is 41.9 Å². The van der Waals surface area contributed by atoms with Crippen LogP contribution < -0.4 is 34.3 Å². The summed E-state index contributed by atoms with van der Waals surface area (Å²) >= 11 is 5.04. The molecule has 160 valence electrons. The number of hydrogen-bond acceptors (Lipinski definition) is 7. The van der Waals surface area contributed by atoms with Gasteiger partial charge in [-0.05, 0) is 48.5 Å². The van der Waals surface area contributed by atoms with Crippen LogP contribution >= 0.6 is 11.6 Å². The Balaban J connectivity index is -0.000000367. The number of hydrogen-bond donors (Lipinski definition) is 5. The van der Waals surface area contributed by atoms with E-state index in [1.54, 1.807) is 0 Å². The summed E-state index contributed by atoms with van der Waals surface area (Å²) in [6.07, 6.45) is -1.64. The average molecular weight is 449 g/mol. The first-order valence-corrected chi connectivity index (χ1v) is 8.32. The molecule has 29 heavy (non-hydrogen) atoms. The fraction of sp³-hybridized carbons (Fsp3) is 0.333. The van der Waals surface area contributed by atoms with E-state index in [9.17, 15) is 8.78 Å². The number of aromatic hydroxyl groups is 1. The van der Waals surface area contributed by atoms with Gasteiger partial charge >= 0.3 is 29.6 Å². The zero-order valence-corrected chi connectivity index (χ0v) is 18.6. The predicted octanol–water partition coefficient (Wildman–Crippen LogP) is -1.51. The van der Waals surface area contributed by atoms with E-state index in [1.807, 2.05) is 0 Å². The van der Waals surface area contributed by atoms with Gasteiger partial charge in [0.2, 0.25) is 0 Å². The molecule has 0 aliphatic rings. The van der Waals surface area contributed by atoms with Crippen LogP contribution in [0.1, 0.15) is 0 Å². The number of benzene rings is 2. The Morgan fingerprint density at radius 2 is 1.24 bits per heavy atom. The summed E-state index contributed by atoms with van der Waals surface area (Å²) in [6, 6.07) is 10.5. The van der Waals surface area contributed by atoms with Gasteiger partial charge in [-0.15, -0.1) is 11.6 Å². The van der Waals surface area contributed by atoms with Gasteiger partial charge in [0.25, 0.3) is 0 Å². The first kappa shape index (κ1) is 32.6. The second kappa shape index (κ2) is 20.3. The van der Waals surface area contributed by atoms with Crippen molar-refractivity contribution in [2.75, 3.05) is 25.7 Å². The minimum absolute atomic E-state index is 0. The predicted molar refractivity (Wildman–Crippen MR) is 98.8 cm³/mol. The normalized spacial score (nSPS) is 11.1. The van der Waals surface area contributed by atoms with Crippen molar-refractivity contribution in [1.29, 1.82) is 0 Å². The summed E-state index contributed by atoms with van der Waals surface area (Å²) < 4.78 is 29.4. The summed E-state index contributed by atoms with van der Waals surface area (Å²) in [4.78, 5) is 0. The van der Waals surface area contributed by atoms with Crippen molar-refractivity contribution >= 4 is 11.6 Å². The molecule has 2 aromatic carbocycles. The van der Waals surface area contributed by atoms with Gasteiger partial charge in [-0.25, -0.2) is 8.78 Å². The van der Waals surface area contributed by atoms with Gasteiger partial charge in [-0.3, -0.25) is 0 Å². The van der Waals surface area contributed by atoms with Crippen molar-refractivity contribution in [3.05, 3.63) is 60.2 Å². The molecule has 0 aromatic heterocycles. The number of ether oxygens (including phenoxy) is 1. The van der Waals surface area contributed by atoms with Gasteiger partial charge < -0.3 is 35.7 Å². The molecular weight excluding hydrogens is 425 g/mol. The summed E-state index contributed by atoms with van der Waals surface area (Å²) in [7, 11) is 0. The maximum absolute atomic E-state index is 12.4. The van der Waals surface area contributed by atoms with E-state index in [-0.39, 0.29) is 78.1 Å². The van der Waals surface area contributed by atoms with Crippen molar-refractivity contribution < 1.29 is 74.1 Å². The Kier molecular flexibility index (Phi) is 22.8. The molecule has 0 saturated carbocycles. The third-order valence-electron chi connectivity index (χ3n) is 2.68. The number of aliphatic hydroxyl groups excluding tert-OH is 4. The second-order valence-electron chi connectivity index (χ2n) is 5.07. The molecule has 6 N–H and O–H groups in total. The van der Waals surface area contributed by atoms with Crippen molar-refractivity contribution in [1.82, 2.24) is 0 Å². The molecule has 0 spiro atoms. The van der Waals surface area contributed by atoms with E-state index in [0.29, 0.717) is 5.75 Å². The summed E-state index contributed by atoms with van der Waals surface area (Å²) in [5.41, 5.74) is 0.